The van der Waals surface area contributed by atoms with E-state index < -0.39 is 4.92 Å². The highest BCUT2D eigenvalue weighted by atomic mass is 16.6. The van der Waals surface area contributed by atoms with Crippen molar-refractivity contribution >= 4 is 5.69 Å². The van der Waals surface area contributed by atoms with Crippen molar-refractivity contribution < 1.29 is 14.2 Å². The lowest BCUT2D eigenvalue weighted by molar-refractivity contribution is -0.384. The van der Waals surface area contributed by atoms with Crippen molar-refractivity contribution in [3.05, 3.63) is 64.7 Å². The van der Waals surface area contributed by atoms with E-state index in [2.05, 4.69) is 10.1 Å². The maximum absolute atomic E-state index is 10.7. The van der Waals surface area contributed by atoms with Crippen LogP contribution in [0, 0.1) is 10.1 Å². The van der Waals surface area contributed by atoms with Gasteiger partial charge in [-0.3, -0.25) is 10.1 Å². The van der Waals surface area contributed by atoms with E-state index in [0.29, 0.717) is 18.1 Å². The maximum atomic E-state index is 10.7. The monoisotopic (exact) mass is 367 g/mol. The minimum Gasteiger partial charge on any atom is -0.494 e. The Hall–Kier alpha value is -3.19. The van der Waals surface area contributed by atoms with Gasteiger partial charge in [-0.05, 0) is 56.9 Å². The SMILES string of the molecule is CN(C)CCCOc1ccc(-c2cc(-c3ccc([N+](=O)[O-])cc3)on2)cc1. The highest BCUT2D eigenvalue weighted by molar-refractivity contribution is 5.67. The van der Waals surface area contributed by atoms with Crippen molar-refractivity contribution in [1.29, 1.82) is 0 Å². The molecular formula is C20H21N3O4. The molecule has 1 heterocycles. The molecule has 3 rings (SSSR count). The van der Waals surface area contributed by atoms with Crippen molar-refractivity contribution in [3.63, 3.8) is 0 Å². The number of ether oxygens (including phenoxy) is 1. The van der Waals surface area contributed by atoms with Crippen molar-refractivity contribution in [1.82, 2.24) is 10.1 Å². The van der Waals surface area contributed by atoms with Gasteiger partial charge in [0.1, 0.15) is 11.4 Å². The zero-order valence-corrected chi connectivity index (χ0v) is 15.3. The lowest BCUT2D eigenvalue weighted by Gasteiger charge is -2.10. The standard InChI is InChI=1S/C20H21N3O4/c1-22(2)12-3-13-26-18-10-6-15(7-11-18)19-14-20(27-21-19)16-4-8-17(9-5-16)23(24)25/h4-11,14H,3,12-13H2,1-2H3. The molecule has 0 saturated heterocycles. The second-order valence-corrected chi connectivity index (χ2v) is 6.41. The number of nitrogens with zero attached hydrogens (tertiary/aromatic N) is 3. The van der Waals surface area contributed by atoms with E-state index in [1.54, 1.807) is 12.1 Å². The fourth-order valence-electron chi connectivity index (χ4n) is 2.59. The molecule has 0 radical (unpaired) electrons. The minimum absolute atomic E-state index is 0.0414. The second-order valence-electron chi connectivity index (χ2n) is 6.41. The Balaban J connectivity index is 1.64. The third-order valence-corrected chi connectivity index (χ3v) is 4.04. The molecule has 3 aromatic rings. The van der Waals surface area contributed by atoms with Crippen molar-refractivity contribution in [3.8, 4) is 28.3 Å². The van der Waals surface area contributed by atoms with Crippen LogP contribution in [0.1, 0.15) is 6.42 Å². The average Bonchev–Trinajstić information content (AvgIpc) is 3.16. The Morgan fingerprint density at radius 3 is 2.37 bits per heavy atom. The van der Waals surface area contributed by atoms with Gasteiger partial charge in [-0.1, -0.05) is 5.16 Å². The molecule has 0 unspecified atom stereocenters. The van der Waals surface area contributed by atoms with Gasteiger partial charge < -0.3 is 14.2 Å². The first-order chi connectivity index (χ1) is 13.0. The van der Waals surface area contributed by atoms with Gasteiger partial charge in [0.25, 0.3) is 5.69 Å². The number of hydrogen-bond donors (Lipinski definition) is 0. The number of aromatic nitrogens is 1. The number of non-ortho nitro benzene ring substituents is 1. The molecule has 0 aliphatic heterocycles. The van der Waals surface area contributed by atoms with Gasteiger partial charge in [-0.2, -0.15) is 0 Å². The number of benzene rings is 2. The molecule has 7 heteroatoms. The molecule has 27 heavy (non-hydrogen) atoms. The number of nitro groups is 1. The molecule has 0 aliphatic rings. The first-order valence-corrected chi connectivity index (χ1v) is 8.62. The van der Waals surface area contributed by atoms with Crippen LogP contribution in [0.5, 0.6) is 5.75 Å². The molecule has 0 spiro atoms. The van der Waals surface area contributed by atoms with Gasteiger partial charge in [-0.15, -0.1) is 0 Å². The van der Waals surface area contributed by atoms with E-state index in [0.717, 1.165) is 29.8 Å². The quantitative estimate of drug-likeness (QED) is 0.336. The van der Waals surface area contributed by atoms with Crippen molar-refractivity contribution in [2.24, 2.45) is 0 Å². The van der Waals surface area contributed by atoms with Crippen LogP contribution in [-0.4, -0.2) is 42.2 Å². The zero-order chi connectivity index (χ0) is 19.2. The lowest BCUT2D eigenvalue weighted by atomic mass is 10.1. The third kappa shape index (κ3) is 4.92. The van der Waals surface area contributed by atoms with Gasteiger partial charge in [0.15, 0.2) is 5.76 Å². The molecule has 7 nitrogen and oxygen atoms in total. The molecule has 0 fully saturated rings. The number of hydrogen-bond acceptors (Lipinski definition) is 6. The van der Waals surface area contributed by atoms with E-state index in [4.69, 9.17) is 9.26 Å². The summed E-state index contributed by atoms with van der Waals surface area (Å²) in [5, 5.41) is 14.8. The van der Waals surface area contributed by atoms with Crippen molar-refractivity contribution in [2.75, 3.05) is 27.2 Å². The van der Waals surface area contributed by atoms with Gasteiger partial charge in [0.2, 0.25) is 0 Å². The topological polar surface area (TPSA) is 81.6 Å². The molecule has 1 aromatic heterocycles. The number of nitro benzene ring substituents is 1. The summed E-state index contributed by atoms with van der Waals surface area (Å²) in [5.41, 5.74) is 2.38. The summed E-state index contributed by atoms with van der Waals surface area (Å²) in [6.45, 7) is 1.66. The van der Waals surface area contributed by atoms with E-state index in [9.17, 15) is 10.1 Å². The van der Waals surface area contributed by atoms with Gasteiger partial charge >= 0.3 is 0 Å². The molecule has 140 valence electrons. The molecule has 0 aliphatic carbocycles. The summed E-state index contributed by atoms with van der Waals surface area (Å²) < 4.78 is 11.1. The Kier molecular flexibility index (Phi) is 5.83. The summed E-state index contributed by atoms with van der Waals surface area (Å²) in [4.78, 5) is 12.4. The van der Waals surface area contributed by atoms with Crippen LogP contribution >= 0.6 is 0 Å². The fraction of sp³-hybridized carbons (Fsp3) is 0.250. The van der Waals surface area contributed by atoms with E-state index >= 15 is 0 Å². The highest BCUT2D eigenvalue weighted by Crippen LogP contribution is 2.28. The van der Waals surface area contributed by atoms with Crippen LogP contribution in [0.2, 0.25) is 0 Å². The van der Waals surface area contributed by atoms with E-state index in [-0.39, 0.29) is 5.69 Å². The van der Waals surface area contributed by atoms with Crippen LogP contribution in [0.15, 0.2) is 59.1 Å². The molecule has 2 aromatic carbocycles. The summed E-state index contributed by atoms with van der Waals surface area (Å²) >= 11 is 0. The average molecular weight is 367 g/mol. The highest BCUT2D eigenvalue weighted by Gasteiger charge is 2.11. The molecule has 0 atom stereocenters. The molecule has 0 N–H and O–H groups in total. The van der Waals surface area contributed by atoms with Crippen LogP contribution in [-0.2, 0) is 0 Å². The Labute approximate surface area is 157 Å². The molecule has 0 bridgehead atoms. The lowest BCUT2D eigenvalue weighted by Crippen LogP contribution is -2.15. The maximum Gasteiger partial charge on any atom is 0.269 e. The molecule has 0 saturated carbocycles. The first kappa shape index (κ1) is 18.6. The Bertz CT molecular complexity index is 886. The van der Waals surface area contributed by atoms with Crippen LogP contribution in [0.4, 0.5) is 5.69 Å². The largest absolute Gasteiger partial charge is 0.494 e. The van der Waals surface area contributed by atoms with Crippen LogP contribution < -0.4 is 4.74 Å². The van der Waals surface area contributed by atoms with Gasteiger partial charge in [-0.25, -0.2) is 0 Å². The normalized spacial score (nSPS) is 10.9. The van der Waals surface area contributed by atoms with Crippen molar-refractivity contribution in [2.45, 2.75) is 6.42 Å². The summed E-state index contributed by atoms with van der Waals surface area (Å²) in [7, 11) is 4.08. The predicted octanol–water partition coefficient (Wildman–Crippen LogP) is 4.25. The van der Waals surface area contributed by atoms with Gasteiger partial charge in [0.05, 0.1) is 11.5 Å². The third-order valence-electron chi connectivity index (χ3n) is 4.04. The van der Waals surface area contributed by atoms with Gasteiger partial charge in [0, 0.05) is 35.9 Å². The Morgan fingerprint density at radius 2 is 1.74 bits per heavy atom. The summed E-state index contributed by atoms with van der Waals surface area (Å²) in [6, 6.07) is 15.7. The van der Waals surface area contributed by atoms with Crippen LogP contribution in [0.25, 0.3) is 22.6 Å². The predicted molar refractivity (Wildman–Crippen MR) is 103 cm³/mol. The fourth-order valence-corrected chi connectivity index (χ4v) is 2.59. The van der Waals surface area contributed by atoms with E-state index in [1.165, 1.54) is 12.1 Å². The second kappa shape index (κ2) is 8.46. The molecular weight excluding hydrogens is 346 g/mol. The minimum atomic E-state index is -0.431. The molecule has 0 amide bonds. The van der Waals surface area contributed by atoms with Crippen LogP contribution in [0.3, 0.4) is 0 Å². The smallest absolute Gasteiger partial charge is 0.269 e. The first-order valence-electron chi connectivity index (χ1n) is 8.62. The van der Waals surface area contributed by atoms with E-state index in [1.807, 2.05) is 44.4 Å². The summed E-state index contributed by atoms with van der Waals surface area (Å²) in [5.74, 6) is 1.38. The Morgan fingerprint density at radius 1 is 1.07 bits per heavy atom. The zero-order valence-electron chi connectivity index (χ0n) is 15.3. The summed E-state index contributed by atoms with van der Waals surface area (Å²) in [6.07, 6.45) is 0.969. The number of rotatable bonds is 8.